The molecule has 0 saturated carbocycles. The van der Waals surface area contributed by atoms with Crippen molar-refractivity contribution in [2.75, 3.05) is 0 Å². The Hall–Kier alpha value is -0.331. The Morgan fingerprint density at radius 2 is 1.60 bits per heavy atom. The number of aliphatic carboxylic acids is 1. The van der Waals surface area contributed by atoms with E-state index < -0.39 is 27.8 Å². The molecule has 0 aliphatic carbocycles. The molecule has 0 saturated heterocycles. The molecule has 8 heteroatoms. The van der Waals surface area contributed by atoms with Crippen LogP contribution in [0.1, 0.15) is 6.92 Å². The molecule has 10 heavy (non-hydrogen) atoms. The van der Waals surface area contributed by atoms with Gasteiger partial charge >= 0.3 is 37.3 Å². The van der Waals surface area contributed by atoms with Gasteiger partial charge < -0.3 is 5.11 Å². The average molecular weight is 226 g/mol. The zero-order valence-corrected chi connectivity index (χ0v) is 6.40. The summed E-state index contributed by atoms with van der Waals surface area (Å²) in [6.07, 6.45) is 0. The molecule has 0 fully saturated rings. The summed E-state index contributed by atoms with van der Waals surface area (Å²) in [7, 11) is -3.18. The number of hydrogen-bond donors (Lipinski definition) is 1. The molecular weight excluding hydrogens is 222 g/mol. The van der Waals surface area contributed by atoms with Gasteiger partial charge in [0.1, 0.15) is 0 Å². The van der Waals surface area contributed by atoms with Gasteiger partial charge in [-0.05, 0) is 0 Å². The number of hydrogen-bond acceptors (Lipinski definition) is 3. The van der Waals surface area contributed by atoms with Crippen LogP contribution in [0.4, 0.5) is 7.10 Å². The van der Waals surface area contributed by atoms with Crippen molar-refractivity contribution in [2.24, 2.45) is 0 Å². The Morgan fingerprint density at radius 1 is 1.50 bits per heavy atom. The molecule has 0 spiro atoms. The van der Waals surface area contributed by atoms with E-state index >= 15 is 0 Å². The summed E-state index contributed by atoms with van der Waals surface area (Å²) in [5.74, 6) is -0.833. The molecule has 0 rings (SSSR count). The van der Waals surface area contributed by atoms with Crippen molar-refractivity contribution in [3.8, 4) is 0 Å². The third-order valence-electron chi connectivity index (χ3n) is 0.0760. The number of carboxylic acids is 1. The predicted octanol–water partition coefficient (Wildman–Crippen LogP) is 0.259. The number of halogens is 2. The van der Waals surface area contributed by atoms with Crippen LogP contribution in [0.5, 0.6) is 0 Å². The second-order valence-electron chi connectivity index (χ2n) is 0.824. The van der Waals surface area contributed by atoms with Crippen molar-refractivity contribution in [1.82, 2.24) is 0 Å². The first-order valence-corrected chi connectivity index (χ1v) is 4.39. The molecule has 0 bridgehead atoms. The predicted molar refractivity (Wildman–Crippen MR) is 24.4 cm³/mol. The summed E-state index contributed by atoms with van der Waals surface area (Å²) in [4.78, 5) is 9.00. The van der Waals surface area contributed by atoms with E-state index in [0.717, 1.165) is 6.92 Å². The van der Waals surface area contributed by atoms with Gasteiger partial charge in [-0.2, -0.15) is 0 Å². The van der Waals surface area contributed by atoms with Crippen molar-refractivity contribution in [2.45, 2.75) is 6.92 Å². The van der Waals surface area contributed by atoms with E-state index in [-0.39, 0.29) is 0 Å². The van der Waals surface area contributed by atoms with E-state index in [1.54, 1.807) is 0 Å². The summed E-state index contributed by atoms with van der Waals surface area (Å²) >= 11 is -3.40. The van der Waals surface area contributed by atoms with Gasteiger partial charge in [0.15, 0.2) is 0 Å². The van der Waals surface area contributed by atoms with Crippen molar-refractivity contribution in [3.05, 3.63) is 0 Å². The van der Waals surface area contributed by atoms with Crippen LogP contribution in [0, 0.1) is 0 Å². The first kappa shape index (κ1) is 12.4. The number of rotatable bonds is 0. The monoisotopic (exact) mass is 225 g/mol. The molecule has 0 amide bonds. The van der Waals surface area contributed by atoms with Gasteiger partial charge in [0.2, 0.25) is 0 Å². The normalized spacial score (nSPS) is 8.90. The van der Waals surface area contributed by atoms with E-state index in [4.69, 9.17) is 18.3 Å². The zero-order valence-electron chi connectivity index (χ0n) is 4.64. The summed E-state index contributed by atoms with van der Waals surface area (Å²) in [5, 5.41) is 7.42. The van der Waals surface area contributed by atoms with E-state index in [1.807, 2.05) is 0 Å². The molecule has 0 aliphatic rings. The van der Waals surface area contributed by atoms with Crippen LogP contribution < -0.4 is 0 Å². The molecule has 4 nitrogen and oxygen atoms in total. The fourth-order valence-electron chi connectivity index (χ4n) is 0. The van der Waals surface area contributed by atoms with E-state index in [0.29, 0.717) is 0 Å². The van der Waals surface area contributed by atoms with Gasteiger partial charge in [-0.1, -0.05) is 0 Å². The van der Waals surface area contributed by atoms with E-state index in [2.05, 4.69) is 0 Å². The van der Waals surface area contributed by atoms with Crippen LogP contribution in [0.15, 0.2) is 0 Å². The van der Waals surface area contributed by atoms with Crippen molar-refractivity contribution in [3.63, 3.8) is 0 Å². The van der Waals surface area contributed by atoms with E-state index in [9.17, 15) is 7.10 Å². The zero-order chi connectivity index (χ0) is 8.73. The molecule has 0 atom stereocenters. The molecule has 67 valence electrons. The maximum absolute atomic E-state index is 10.6. The first-order chi connectivity index (χ1) is 4.37. The summed E-state index contributed by atoms with van der Waals surface area (Å²) < 4.78 is 39.0. The van der Waals surface area contributed by atoms with Crippen molar-refractivity contribution in [1.29, 1.82) is 0 Å². The third kappa shape index (κ3) is 25.3. The summed E-state index contributed by atoms with van der Waals surface area (Å²) in [6.45, 7) is 1.08. The van der Waals surface area contributed by atoms with Crippen LogP contribution in [0.3, 0.4) is 0 Å². The van der Waals surface area contributed by atoms with Crippen LogP contribution in [-0.2, 0) is 26.6 Å². The van der Waals surface area contributed by atoms with Crippen LogP contribution in [0.25, 0.3) is 0 Å². The molecule has 0 aliphatic heterocycles. The first-order valence-electron chi connectivity index (χ1n) is 1.61. The SMILES string of the molecule is CC(=O)O.O=[S](=O)=[Cu]([F])[F]. The standard InChI is InChI=1S/C2H4O2.Cu.2FH.O2S/c1-2(3)4;;;;1-3-2/h1H3,(H,3,4);;2*1H;/q;+2;;;/p-2. The Morgan fingerprint density at radius 3 is 1.60 bits per heavy atom. The molecule has 0 radical (unpaired) electrons. The molecule has 0 aromatic rings. The third-order valence-corrected chi connectivity index (χ3v) is 0.940. The Balaban J connectivity index is 0. The van der Waals surface area contributed by atoms with Crippen LogP contribution >= 0.6 is 0 Å². The fourth-order valence-corrected chi connectivity index (χ4v) is 0. The average Bonchev–Trinajstić information content (AvgIpc) is 1.63. The molecule has 0 aromatic carbocycles. The van der Waals surface area contributed by atoms with Crippen LogP contribution in [-0.4, -0.2) is 19.5 Å². The number of carboxylic acid groups (broad SMARTS) is 1. The topological polar surface area (TPSA) is 71.4 Å². The van der Waals surface area contributed by atoms with Gasteiger partial charge in [0.25, 0.3) is 5.97 Å². The van der Waals surface area contributed by atoms with Crippen molar-refractivity contribution >= 4 is 14.6 Å². The molecular formula is C2H4CuF2O4S. The van der Waals surface area contributed by atoms with Crippen molar-refractivity contribution < 1.29 is 38.6 Å². The molecule has 0 aromatic heterocycles. The van der Waals surface area contributed by atoms with Gasteiger partial charge in [0, 0.05) is 6.92 Å². The second-order valence-corrected chi connectivity index (χ2v) is 3.29. The van der Waals surface area contributed by atoms with Crippen LogP contribution in [0.2, 0.25) is 0 Å². The maximum atomic E-state index is 10.6. The van der Waals surface area contributed by atoms with Gasteiger partial charge in [0.05, 0.1) is 0 Å². The molecule has 1 N–H and O–H groups in total. The second kappa shape index (κ2) is 6.78. The minimum absolute atomic E-state index is 0.833. The van der Waals surface area contributed by atoms with E-state index in [1.165, 1.54) is 0 Å². The minimum atomic E-state index is -3.40. The van der Waals surface area contributed by atoms with Gasteiger partial charge in [-0.3, -0.25) is 4.79 Å². The van der Waals surface area contributed by atoms with Gasteiger partial charge in [-0.25, -0.2) is 0 Å². The van der Waals surface area contributed by atoms with Gasteiger partial charge in [-0.15, -0.1) is 0 Å². The quantitative estimate of drug-likeness (QED) is 0.601. The molecule has 0 heterocycles. The summed E-state index contributed by atoms with van der Waals surface area (Å²) in [6, 6.07) is 0. The Bertz CT molecular complexity index is 216. The Labute approximate surface area is 60.7 Å². The molecule has 0 unspecified atom stereocenters. The Kier molecular flexibility index (Phi) is 8.38. The summed E-state index contributed by atoms with van der Waals surface area (Å²) in [5.41, 5.74) is 0. The fraction of sp³-hybridized carbons (Fsp3) is 0.500. The number of carbonyl (C=O) groups is 1.